The van der Waals surface area contributed by atoms with E-state index in [0.717, 1.165) is 0 Å². The number of unbranched alkanes of at least 4 members (excludes halogenated alkanes) is 10. The molecule has 0 rings (SSSR count). The van der Waals surface area contributed by atoms with Crippen LogP contribution < -0.4 is 0 Å². The first-order valence-corrected chi connectivity index (χ1v) is 8.01. The normalized spacial score (nSPS) is 11.9. The molecule has 0 fully saturated rings. The third kappa shape index (κ3) is 15.5. The van der Waals surface area contributed by atoms with E-state index in [2.05, 4.69) is 32.1 Å². The lowest BCUT2D eigenvalue weighted by Crippen LogP contribution is -1.78. The summed E-state index contributed by atoms with van der Waals surface area (Å²) in [5.41, 5.74) is 0. The summed E-state index contributed by atoms with van der Waals surface area (Å²) in [5, 5.41) is 0. The lowest BCUT2D eigenvalue weighted by molar-refractivity contribution is 0.621. The molecule has 0 aromatic rings. The van der Waals surface area contributed by atoms with Gasteiger partial charge in [0.15, 0.2) is 0 Å². The zero-order valence-corrected chi connectivity index (χ0v) is 12.5. The predicted molar refractivity (Wildman–Crippen MR) is 84.7 cm³/mol. The van der Waals surface area contributed by atoms with Gasteiger partial charge in [0, 0.05) is 0 Å². The summed E-state index contributed by atoms with van der Waals surface area (Å²) in [7, 11) is 0. The first kappa shape index (κ1) is 17.5. The van der Waals surface area contributed by atoms with Gasteiger partial charge in [0.25, 0.3) is 0 Å². The van der Waals surface area contributed by atoms with Crippen LogP contribution in [0.2, 0.25) is 0 Å². The molecule has 0 nitrogen and oxygen atoms in total. The van der Waals surface area contributed by atoms with Crippen molar-refractivity contribution in [3.05, 3.63) is 31.2 Å². The average Bonchev–Trinajstić information content (AvgIpc) is 2.39. The minimum Gasteiger partial charge on any atom is -0.0885 e. The van der Waals surface area contributed by atoms with Crippen molar-refractivity contribution in [1.82, 2.24) is 0 Å². The van der Waals surface area contributed by atoms with Crippen molar-refractivity contribution in [1.29, 1.82) is 0 Å². The van der Waals surface area contributed by atoms with Crippen LogP contribution in [-0.4, -0.2) is 0 Å². The Labute approximate surface area is 116 Å². The largest absolute Gasteiger partial charge is 0.0885 e. The van der Waals surface area contributed by atoms with Crippen LogP contribution in [0.4, 0.5) is 0 Å². The molecule has 0 saturated carbocycles. The summed E-state index contributed by atoms with van der Waals surface area (Å²) in [6, 6.07) is 0. The highest BCUT2D eigenvalue weighted by atomic mass is 14.0. The van der Waals surface area contributed by atoms with E-state index in [1.54, 1.807) is 0 Å². The quantitative estimate of drug-likeness (QED) is 0.254. The molecule has 0 bridgehead atoms. The van der Waals surface area contributed by atoms with E-state index in [0.29, 0.717) is 0 Å². The summed E-state index contributed by atoms with van der Waals surface area (Å²) in [6.07, 6.45) is 25.0. The van der Waals surface area contributed by atoms with Crippen molar-refractivity contribution in [2.45, 2.75) is 84.0 Å². The van der Waals surface area contributed by atoms with Crippen LogP contribution in [0.3, 0.4) is 0 Å². The molecule has 0 atom stereocenters. The number of hydrogen-bond acceptors (Lipinski definition) is 0. The molecular weight excluding hydrogens is 216 g/mol. The van der Waals surface area contributed by atoms with Gasteiger partial charge in [0.1, 0.15) is 0 Å². The summed E-state index contributed by atoms with van der Waals surface area (Å²) in [5.74, 6) is 0. The maximum atomic E-state index is 3.70. The van der Waals surface area contributed by atoms with Crippen molar-refractivity contribution in [2.75, 3.05) is 0 Å². The molecule has 0 aliphatic carbocycles. The molecule has 0 N–H and O–H groups in total. The molecule has 1 radical (unpaired) electrons. The highest BCUT2D eigenvalue weighted by Gasteiger charge is 1.89. The Kier molecular flexibility index (Phi) is 16.0. The van der Waals surface area contributed by atoms with Gasteiger partial charge < -0.3 is 0 Å². The molecular formula is C18H33. The first-order chi connectivity index (χ1) is 8.91. The third-order valence-electron chi connectivity index (χ3n) is 3.30. The summed E-state index contributed by atoms with van der Waals surface area (Å²) < 4.78 is 0. The van der Waals surface area contributed by atoms with Gasteiger partial charge in [-0.15, -0.1) is 0 Å². The standard InChI is InChI=1S/C18H33/c1-3-5-7-9-11-13-15-17-18-16-14-12-10-8-6-4-2/h3,5,14,16H,1,4,6-13,15,17-18H2,2H3. The van der Waals surface area contributed by atoms with Crippen molar-refractivity contribution in [3.8, 4) is 0 Å². The van der Waals surface area contributed by atoms with E-state index in [4.69, 9.17) is 0 Å². The molecule has 0 saturated heterocycles. The van der Waals surface area contributed by atoms with Gasteiger partial charge in [0.05, 0.1) is 0 Å². The second kappa shape index (κ2) is 16.5. The minimum atomic E-state index is 1.21. The monoisotopic (exact) mass is 249 g/mol. The fraction of sp³-hybridized carbons (Fsp3) is 0.722. The van der Waals surface area contributed by atoms with E-state index >= 15 is 0 Å². The Morgan fingerprint density at radius 3 is 1.56 bits per heavy atom. The lowest BCUT2D eigenvalue weighted by atomic mass is 10.1. The van der Waals surface area contributed by atoms with Crippen molar-refractivity contribution >= 4 is 0 Å². The highest BCUT2D eigenvalue weighted by molar-refractivity contribution is 4.83. The molecule has 0 aliphatic heterocycles. The van der Waals surface area contributed by atoms with E-state index < -0.39 is 0 Å². The molecule has 0 spiro atoms. The van der Waals surface area contributed by atoms with Crippen LogP contribution in [0.15, 0.2) is 24.3 Å². The lowest BCUT2D eigenvalue weighted by Gasteiger charge is -1.98. The number of hydrogen-bond donors (Lipinski definition) is 0. The zero-order chi connectivity index (χ0) is 13.3. The fourth-order valence-corrected chi connectivity index (χ4v) is 2.10. The van der Waals surface area contributed by atoms with Crippen LogP contribution in [0, 0.1) is 6.92 Å². The Bertz CT molecular complexity index is 188. The maximum Gasteiger partial charge on any atom is -0.0316 e. The van der Waals surface area contributed by atoms with Crippen LogP contribution in [-0.2, 0) is 0 Å². The minimum absolute atomic E-state index is 1.21. The summed E-state index contributed by atoms with van der Waals surface area (Å²) in [6.45, 7) is 5.97. The van der Waals surface area contributed by atoms with Crippen LogP contribution in [0.25, 0.3) is 0 Å². The first-order valence-electron chi connectivity index (χ1n) is 8.01. The SMILES string of the molecule is [CH2]C=CCCCCCCCC=CCCCCCC. The van der Waals surface area contributed by atoms with Gasteiger partial charge in [-0.2, -0.15) is 0 Å². The van der Waals surface area contributed by atoms with Gasteiger partial charge >= 0.3 is 0 Å². The zero-order valence-electron chi connectivity index (χ0n) is 12.5. The van der Waals surface area contributed by atoms with E-state index in [1.807, 2.05) is 6.08 Å². The maximum absolute atomic E-state index is 3.70. The van der Waals surface area contributed by atoms with Gasteiger partial charge in [0.2, 0.25) is 0 Å². The summed E-state index contributed by atoms with van der Waals surface area (Å²) in [4.78, 5) is 0. The molecule has 0 aliphatic rings. The smallest absolute Gasteiger partial charge is 0.0316 e. The van der Waals surface area contributed by atoms with E-state index in [-0.39, 0.29) is 0 Å². The third-order valence-corrected chi connectivity index (χ3v) is 3.30. The molecule has 0 heterocycles. The van der Waals surface area contributed by atoms with Crippen molar-refractivity contribution in [2.24, 2.45) is 0 Å². The fourth-order valence-electron chi connectivity index (χ4n) is 2.10. The molecule has 0 aromatic carbocycles. The van der Waals surface area contributed by atoms with Gasteiger partial charge in [-0.1, -0.05) is 69.8 Å². The highest BCUT2D eigenvalue weighted by Crippen LogP contribution is 2.09. The second-order valence-electron chi connectivity index (χ2n) is 5.14. The Morgan fingerprint density at radius 1 is 0.611 bits per heavy atom. The average molecular weight is 249 g/mol. The van der Waals surface area contributed by atoms with Gasteiger partial charge in [-0.3, -0.25) is 0 Å². The Hall–Kier alpha value is -0.520. The van der Waals surface area contributed by atoms with Crippen molar-refractivity contribution < 1.29 is 0 Å². The van der Waals surface area contributed by atoms with Crippen LogP contribution in [0.5, 0.6) is 0 Å². The Balaban J connectivity index is 3.03. The molecule has 18 heavy (non-hydrogen) atoms. The predicted octanol–water partition coefficient (Wildman–Crippen LogP) is 6.63. The number of allylic oxidation sites excluding steroid dienone is 4. The molecule has 0 unspecified atom stereocenters. The molecule has 105 valence electrons. The van der Waals surface area contributed by atoms with E-state index in [1.165, 1.54) is 77.0 Å². The molecule has 0 aromatic heterocycles. The summed E-state index contributed by atoms with van der Waals surface area (Å²) >= 11 is 0. The van der Waals surface area contributed by atoms with Crippen LogP contribution >= 0.6 is 0 Å². The van der Waals surface area contributed by atoms with E-state index in [9.17, 15) is 0 Å². The van der Waals surface area contributed by atoms with Crippen molar-refractivity contribution in [3.63, 3.8) is 0 Å². The van der Waals surface area contributed by atoms with Gasteiger partial charge in [-0.25, -0.2) is 0 Å². The van der Waals surface area contributed by atoms with Gasteiger partial charge in [-0.05, 0) is 45.4 Å². The Morgan fingerprint density at radius 2 is 1.06 bits per heavy atom. The molecule has 0 heteroatoms. The van der Waals surface area contributed by atoms with Crippen LogP contribution in [0.1, 0.15) is 84.0 Å². The number of rotatable bonds is 13. The molecule has 0 amide bonds. The second-order valence-corrected chi connectivity index (χ2v) is 5.14. The topological polar surface area (TPSA) is 0 Å².